The van der Waals surface area contributed by atoms with Crippen molar-refractivity contribution in [3.05, 3.63) is 23.9 Å². The summed E-state index contributed by atoms with van der Waals surface area (Å²) in [5.41, 5.74) is 0.471. The maximum absolute atomic E-state index is 8.65. The molecular weight excluding hydrogens is 174 g/mol. The summed E-state index contributed by atoms with van der Waals surface area (Å²) in [4.78, 5) is 4.14. The van der Waals surface area contributed by atoms with Crippen molar-refractivity contribution in [3.8, 4) is 6.07 Å². The van der Waals surface area contributed by atoms with Gasteiger partial charge >= 0.3 is 0 Å². The molecule has 2 rings (SSSR count). The molecule has 1 aromatic rings. The Kier molecular flexibility index (Phi) is 2.36. The summed E-state index contributed by atoms with van der Waals surface area (Å²) < 4.78 is 0. The fourth-order valence-electron chi connectivity index (χ4n) is 1.51. The van der Waals surface area contributed by atoms with Gasteiger partial charge in [0.15, 0.2) is 0 Å². The second kappa shape index (κ2) is 3.67. The third kappa shape index (κ3) is 2.02. The van der Waals surface area contributed by atoms with Crippen LogP contribution in [0.2, 0.25) is 0 Å². The summed E-state index contributed by atoms with van der Waals surface area (Å²) in [6.07, 6.45) is 1.31. The van der Waals surface area contributed by atoms with Crippen LogP contribution < -0.4 is 5.32 Å². The number of nitrogens with zero attached hydrogens (tertiary/aromatic N) is 2. The average Bonchev–Trinajstić information content (AvgIpc) is 2.92. The van der Waals surface area contributed by atoms with E-state index in [-0.39, 0.29) is 0 Å². The molecule has 0 radical (unpaired) electrons. The number of rotatable bonds is 3. The number of pyridine rings is 1. The highest BCUT2D eigenvalue weighted by molar-refractivity contribution is 5.38. The van der Waals surface area contributed by atoms with Crippen LogP contribution in [0.3, 0.4) is 0 Å². The summed E-state index contributed by atoms with van der Waals surface area (Å²) in [7, 11) is 0. The van der Waals surface area contributed by atoms with Gasteiger partial charge in [-0.3, -0.25) is 0 Å². The highest BCUT2D eigenvalue weighted by Crippen LogP contribution is 2.37. The van der Waals surface area contributed by atoms with E-state index in [2.05, 4.69) is 17.2 Å². The van der Waals surface area contributed by atoms with Crippen molar-refractivity contribution in [2.75, 3.05) is 11.9 Å². The molecular formula is C11H13N3. The largest absolute Gasteiger partial charge is 0.370 e. The molecule has 0 aliphatic heterocycles. The number of nitriles is 1. The SMILES string of the molecule is CC1CC1CNc1cccc(C#N)n1. The number of hydrogen-bond donors (Lipinski definition) is 1. The van der Waals surface area contributed by atoms with Crippen LogP contribution in [-0.4, -0.2) is 11.5 Å². The number of hydrogen-bond acceptors (Lipinski definition) is 3. The standard InChI is InChI=1S/C11H13N3/c1-8-5-9(8)7-13-11-4-2-3-10(6-12)14-11/h2-4,8-9H,5,7H2,1H3,(H,13,14). The topological polar surface area (TPSA) is 48.7 Å². The van der Waals surface area contributed by atoms with Gasteiger partial charge in [-0.05, 0) is 30.4 Å². The zero-order valence-electron chi connectivity index (χ0n) is 8.20. The maximum atomic E-state index is 8.65. The third-order valence-electron chi connectivity index (χ3n) is 2.69. The Morgan fingerprint density at radius 1 is 1.64 bits per heavy atom. The van der Waals surface area contributed by atoms with Crippen molar-refractivity contribution < 1.29 is 0 Å². The summed E-state index contributed by atoms with van der Waals surface area (Å²) in [5, 5.41) is 11.9. The van der Waals surface area contributed by atoms with Gasteiger partial charge in [0.05, 0.1) is 0 Å². The highest BCUT2D eigenvalue weighted by Gasteiger charge is 2.31. The molecule has 0 aromatic carbocycles. The van der Waals surface area contributed by atoms with Crippen molar-refractivity contribution in [2.45, 2.75) is 13.3 Å². The minimum atomic E-state index is 0.471. The van der Waals surface area contributed by atoms with E-state index in [9.17, 15) is 0 Å². The summed E-state index contributed by atoms with van der Waals surface area (Å²) in [6, 6.07) is 7.49. The lowest BCUT2D eigenvalue weighted by Crippen LogP contribution is -2.06. The van der Waals surface area contributed by atoms with Crippen LogP contribution in [0.25, 0.3) is 0 Å². The molecule has 1 N–H and O–H groups in total. The van der Waals surface area contributed by atoms with Crippen LogP contribution in [0.1, 0.15) is 19.0 Å². The van der Waals surface area contributed by atoms with E-state index in [0.717, 1.165) is 24.2 Å². The van der Waals surface area contributed by atoms with E-state index < -0.39 is 0 Å². The Hall–Kier alpha value is -1.56. The van der Waals surface area contributed by atoms with Crippen molar-refractivity contribution in [3.63, 3.8) is 0 Å². The molecule has 3 heteroatoms. The molecule has 1 aliphatic rings. The minimum absolute atomic E-state index is 0.471. The molecule has 0 saturated heterocycles. The molecule has 3 nitrogen and oxygen atoms in total. The van der Waals surface area contributed by atoms with Gasteiger partial charge in [-0.25, -0.2) is 4.98 Å². The first-order chi connectivity index (χ1) is 6.79. The first kappa shape index (κ1) is 9.01. The van der Waals surface area contributed by atoms with Gasteiger partial charge < -0.3 is 5.32 Å². The Morgan fingerprint density at radius 3 is 3.07 bits per heavy atom. The van der Waals surface area contributed by atoms with Gasteiger partial charge in [-0.1, -0.05) is 13.0 Å². The molecule has 1 heterocycles. The van der Waals surface area contributed by atoms with Crippen LogP contribution in [0.5, 0.6) is 0 Å². The average molecular weight is 187 g/mol. The predicted octanol–water partition coefficient (Wildman–Crippen LogP) is 2.02. The molecule has 14 heavy (non-hydrogen) atoms. The second-order valence-electron chi connectivity index (χ2n) is 3.87. The van der Waals surface area contributed by atoms with Crippen molar-refractivity contribution in [1.29, 1.82) is 5.26 Å². The molecule has 1 aromatic heterocycles. The van der Waals surface area contributed by atoms with E-state index in [4.69, 9.17) is 5.26 Å². The highest BCUT2D eigenvalue weighted by atomic mass is 15.0. The lowest BCUT2D eigenvalue weighted by Gasteiger charge is -2.03. The van der Waals surface area contributed by atoms with Gasteiger partial charge in [0.25, 0.3) is 0 Å². The van der Waals surface area contributed by atoms with Crippen molar-refractivity contribution >= 4 is 5.82 Å². The van der Waals surface area contributed by atoms with Gasteiger partial charge in [0, 0.05) is 6.54 Å². The van der Waals surface area contributed by atoms with E-state index in [0.29, 0.717) is 5.69 Å². The maximum Gasteiger partial charge on any atom is 0.142 e. The number of nitrogens with one attached hydrogen (secondary N) is 1. The first-order valence-electron chi connectivity index (χ1n) is 4.90. The van der Waals surface area contributed by atoms with Crippen LogP contribution in [-0.2, 0) is 0 Å². The molecule has 0 bridgehead atoms. The van der Waals surface area contributed by atoms with Crippen LogP contribution in [0.4, 0.5) is 5.82 Å². The molecule has 72 valence electrons. The molecule has 1 aliphatic carbocycles. The molecule has 1 saturated carbocycles. The molecule has 2 unspecified atom stereocenters. The third-order valence-corrected chi connectivity index (χ3v) is 2.69. The van der Waals surface area contributed by atoms with E-state index in [1.54, 1.807) is 6.07 Å². The quantitative estimate of drug-likeness (QED) is 0.787. The van der Waals surface area contributed by atoms with Crippen LogP contribution in [0.15, 0.2) is 18.2 Å². The normalized spacial score (nSPS) is 24.0. The minimum Gasteiger partial charge on any atom is -0.370 e. The fourth-order valence-corrected chi connectivity index (χ4v) is 1.51. The van der Waals surface area contributed by atoms with Gasteiger partial charge in [0.1, 0.15) is 17.6 Å². The van der Waals surface area contributed by atoms with E-state index >= 15 is 0 Å². The van der Waals surface area contributed by atoms with Crippen LogP contribution >= 0.6 is 0 Å². The fraction of sp³-hybridized carbons (Fsp3) is 0.455. The Labute approximate surface area is 83.8 Å². The van der Waals surface area contributed by atoms with Crippen LogP contribution in [0, 0.1) is 23.2 Å². The Bertz CT molecular complexity index is 367. The number of anilines is 1. The Morgan fingerprint density at radius 2 is 2.43 bits per heavy atom. The molecule has 1 fully saturated rings. The zero-order valence-corrected chi connectivity index (χ0v) is 8.20. The lowest BCUT2D eigenvalue weighted by atomic mass is 10.3. The molecule has 0 amide bonds. The molecule has 2 atom stereocenters. The van der Waals surface area contributed by atoms with E-state index in [1.807, 2.05) is 18.2 Å². The van der Waals surface area contributed by atoms with Crippen molar-refractivity contribution in [2.24, 2.45) is 11.8 Å². The van der Waals surface area contributed by atoms with Gasteiger partial charge in [-0.2, -0.15) is 5.26 Å². The van der Waals surface area contributed by atoms with Crippen molar-refractivity contribution in [1.82, 2.24) is 4.98 Å². The summed E-state index contributed by atoms with van der Waals surface area (Å²) in [6.45, 7) is 3.23. The van der Waals surface area contributed by atoms with Gasteiger partial charge in [0.2, 0.25) is 0 Å². The van der Waals surface area contributed by atoms with Gasteiger partial charge in [-0.15, -0.1) is 0 Å². The second-order valence-corrected chi connectivity index (χ2v) is 3.87. The lowest BCUT2D eigenvalue weighted by molar-refractivity contribution is 0.784. The monoisotopic (exact) mass is 187 g/mol. The zero-order chi connectivity index (χ0) is 9.97. The van der Waals surface area contributed by atoms with E-state index in [1.165, 1.54) is 6.42 Å². The predicted molar refractivity (Wildman–Crippen MR) is 54.7 cm³/mol. The Balaban J connectivity index is 1.92. The smallest absolute Gasteiger partial charge is 0.142 e. The summed E-state index contributed by atoms with van der Waals surface area (Å²) >= 11 is 0. The first-order valence-corrected chi connectivity index (χ1v) is 4.90. The molecule has 0 spiro atoms. The number of aromatic nitrogens is 1. The summed E-state index contributed by atoms with van der Waals surface area (Å²) in [5.74, 6) is 2.45.